The number of likely N-dealkylation sites (N-methyl/N-ethyl adjacent to an activating group) is 1. The number of nitrogens with one attached hydrogen (secondary N) is 2. The van der Waals surface area contributed by atoms with Crippen LogP contribution in [0.25, 0.3) is 0 Å². The molecule has 0 atom stereocenters. The molecule has 0 heterocycles. The second-order valence-electron chi connectivity index (χ2n) is 8.48. The molecule has 2 N–H and O–H groups in total. The van der Waals surface area contributed by atoms with Crippen molar-refractivity contribution in [1.82, 2.24) is 15.5 Å². The molecule has 4 nitrogen and oxygen atoms in total. The highest BCUT2D eigenvalue weighted by Gasteiger charge is 2.25. The monoisotopic (exact) mass is 313 g/mol. The fourth-order valence-corrected chi connectivity index (χ4v) is 2.90. The summed E-state index contributed by atoms with van der Waals surface area (Å²) in [5.74, 6) is 0.162. The number of hydrogen-bond donors (Lipinski definition) is 2. The summed E-state index contributed by atoms with van der Waals surface area (Å²) in [6.07, 6.45) is 2.84. The lowest BCUT2D eigenvalue weighted by atomic mass is 9.76. The van der Waals surface area contributed by atoms with E-state index in [0.29, 0.717) is 11.8 Å². The maximum absolute atomic E-state index is 12.0. The lowest BCUT2D eigenvalue weighted by Gasteiger charge is -2.32. The standard InChI is InChI=1S/C18H39N3O/c1-8-10-19-11-13-21(7)12-9-16(22)20-15-18(5,6)14-17(2,3)4/h19H,8-15H2,1-7H3,(H,20,22). The van der Waals surface area contributed by atoms with Crippen molar-refractivity contribution < 1.29 is 4.79 Å². The number of amides is 1. The molecule has 22 heavy (non-hydrogen) atoms. The van der Waals surface area contributed by atoms with E-state index in [1.54, 1.807) is 0 Å². The van der Waals surface area contributed by atoms with Crippen LogP contribution >= 0.6 is 0 Å². The second-order valence-corrected chi connectivity index (χ2v) is 8.48. The highest BCUT2D eigenvalue weighted by molar-refractivity contribution is 5.76. The van der Waals surface area contributed by atoms with Crippen LogP contribution in [0.2, 0.25) is 0 Å². The van der Waals surface area contributed by atoms with Gasteiger partial charge in [-0.1, -0.05) is 41.5 Å². The first-order valence-corrected chi connectivity index (χ1v) is 8.72. The predicted molar refractivity (Wildman–Crippen MR) is 96.1 cm³/mol. The van der Waals surface area contributed by atoms with Crippen LogP contribution in [-0.4, -0.2) is 50.6 Å². The molecule has 0 fully saturated rings. The Morgan fingerprint density at radius 2 is 1.68 bits per heavy atom. The van der Waals surface area contributed by atoms with Crippen molar-refractivity contribution in [1.29, 1.82) is 0 Å². The van der Waals surface area contributed by atoms with E-state index in [1.807, 2.05) is 0 Å². The first-order chi connectivity index (χ1) is 10.1. The Balaban J connectivity index is 3.85. The number of rotatable bonds is 11. The molecule has 0 aromatic heterocycles. The summed E-state index contributed by atoms with van der Waals surface area (Å²) in [5.41, 5.74) is 0.434. The summed E-state index contributed by atoms with van der Waals surface area (Å²) < 4.78 is 0. The SMILES string of the molecule is CCCNCCN(C)CCC(=O)NCC(C)(C)CC(C)(C)C. The Morgan fingerprint density at radius 1 is 1.05 bits per heavy atom. The molecular weight excluding hydrogens is 274 g/mol. The molecule has 0 bridgehead atoms. The Kier molecular flexibility index (Phi) is 9.94. The third kappa shape index (κ3) is 13.1. The van der Waals surface area contributed by atoms with Crippen molar-refractivity contribution in [3.63, 3.8) is 0 Å². The first kappa shape index (κ1) is 21.4. The summed E-state index contributed by atoms with van der Waals surface area (Å²) in [6.45, 7) is 18.0. The van der Waals surface area contributed by atoms with Crippen LogP contribution in [0.15, 0.2) is 0 Å². The summed E-state index contributed by atoms with van der Waals surface area (Å²) >= 11 is 0. The minimum absolute atomic E-state index is 0.143. The van der Waals surface area contributed by atoms with Crippen LogP contribution in [0.1, 0.15) is 60.8 Å². The highest BCUT2D eigenvalue weighted by atomic mass is 16.1. The summed E-state index contributed by atoms with van der Waals surface area (Å²) in [7, 11) is 2.07. The Hall–Kier alpha value is -0.610. The molecule has 0 saturated heterocycles. The zero-order chi connectivity index (χ0) is 17.2. The number of nitrogens with zero attached hydrogens (tertiary/aromatic N) is 1. The Bertz CT molecular complexity index is 308. The molecular formula is C18H39N3O. The third-order valence-corrected chi connectivity index (χ3v) is 3.59. The van der Waals surface area contributed by atoms with Gasteiger partial charge in [0.15, 0.2) is 0 Å². The molecule has 0 aliphatic rings. The molecule has 0 aromatic carbocycles. The van der Waals surface area contributed by atoms with Gasteiger partial charge in [-0.2, -0.15) is 0 Å². The van der Waals surface area contributed by atoms with Crippen molar-refractivity contribution in [2.24, 2.45) is 10.8 Å². The zero-order valence-corrected chi connectivity index (χ0v) is 16.0. The van der Waals surface area contributed by atoms with E-state index in [1.165, 1.54) is 0 Å². The van der Waals surface area contributed by atoms with Gasteiger partial charge >= 0.3 is 0 Å². The van der Waals surface area contributed by atoms with Crippen molar-refractivity contribution >= 4 is 5.91 Å². The predicted octanol–water partition coefficient (Wildman–Crippen LogP) is 2.89. The second kappa shape index (κ2) is 10.2. The van der Waals surface area contributed by atoms with Crippen molar-refractivity contribution in [2.45, 2.75) is 60.8 Å². The summed E-state index contributed by atoms with van der Waals surface area (Å²) in [6, 6.07) is 0. The molecule has 0 aromatic rings. The van der Waals surface area contributed by atoms with E-state index < -0.39 is 0 Å². The maximum Gasteiger partial charge on any atom is 0.221 e. The van der Waals surface area contributed by atoms with Gasteiger partial charge < -0.3 is 15.5 Å². The van der Waals surface area contributed by atoms with E-state index in [0.717, 1.165) is 45.6 Å². The van der Waals surface area contributed by atoms with Crippen LogP contribution in [-0.2, 0) is 4.79 Å². The topological polar surface area (TPSA) is 44.4 Å². The van der Waals surface area contributed by atoms with Crippen molar-refractivity contribution in [3.8, 4) is 0 Å². The molecule has 0 rings (SSSR count). The molecule has 0 aliphatic heterocycles. The quantitative estimate of drug-likeness (QED) is 0.577. The summed E-state index contributed by atoms with van der Waals surface area (Å²) in [5, 5.41) is 6.47. The van der Waals surface area contributed by atoms with Crippen LogP contribution in [0.3, 0.4) is 0 Å². The maximum atomic E-state index is 12.0. The van der Waals surface area contributed by atoms with E-state index in [2.05, 4.69) is 64.1 Å². The van der Waals surface area contributed by atoms with E-state index >= 15 is 0 Å². The van der Waals surface area contributed by atoms with Gasteiger partial charge in [-0.15, -0.1) is 0 Å². The molecule has 0 aliphatic carbocycles. The average molecular weight is 314 g/mol. The van der Waals surface area contributed by atoms with Gasteiger partial charge in [-0.05, 0) is 37.3 Å². The van der Waals surface area contributed by atoms with Gasteiger partial charge in [0.2, 0.25) is 5.91 Å². The lowest BCUT2D eigenvalue weighted by Crippen LogP contribution is -2.38. The van der Waals surface area contributed by atoms with E-state index in [4.69, 9.17) is 0 Å². The molecule has 0 spiro atoms. The lowest BCUT2D eigenvalue weighted by molar-refractivity contribution is -0.121. The van der Waals surface area contributed by atoms with Gasteiger partial charge in [-0.3, -0.25) is 4.79 Å². The van der Waals surface area contributed by atoms with Crippen molar-refractivity contribution in [3.05, 3.63) is 0 Å². The van der Waals surface area contributed by atoms with Crippen LogP contribution in [0.5, 0.6) is 0 Å². The van der Waals surface area contributed by atoms with Gasteiger partial charge in [-0.25, -0.2) is 0 Å². The fraction of sp³-hybridized carbons (Fsp3) is 0.944. The molecule has 0 saturated carbocycles. The van der Waals surface area contributed by atoms with E-state index in [-0.39, 0.29) is 11.3 Å². The van der Waals surface area contributed by atoms with Crippen LogP contribution in [0.4, 0.5) is 0 Å². The van der Waals surface area contributed by atoms with Crippen LogP contribution in [0, 0.1) is 10.8 Å². The van der Waals surface area contributed by atoms with Gasteiger partial charge in [0.25, 0.3) is 0 Å². The third-order valence-electron chi connectivity index (χ3n) is 3.59. The van der Waals surface area contributed by atoms with Gasteiger partial charge in [0.1, 0.15) is 0 Å². The first-order valence-electron chi connectivity index (χ1n) is 8.72. The molecule has 0 radical (unpaired) electrons. The smallest absolute Gasteiger partial charge is 0.221 e. The largest absolute Gasteiger partial charge is 0.356 e. The Morgan fingerprint density at radius 3 is 2.23 bits per heavy atom. The van der Waals surface area contributed by atoms with Crippen LogP contribution < -0.4 is 10.6 Å². The molecule has 1 amide bonds. The number of carbonyl (C=O) groups is 1. The zero-order valence-electron chi connectivity index (χ0n) is 16.0. The molecule has 132 valence electrons. The normalized spacial score (nSPS) is 12.7. The van der Waals surface area contributed by atoms with E-state index in [9.17, 15) is 4.79 Å². The highest BCUT2D eigenvalue weighted by Crippen LogP contribution is 2.32. The molecule has 4 heteroatoms. The molecule has 0 unspecified atom stereocenters. The minimum atomic E-state index is 0.143. The number of carbonyl (C=O) groups excluding carboxylic acids is 1. The fourth-order valence-electron chi connectivity index (χ4n) is 2.90. The Labute approximate surface area is 138 Å². The minimum Gasteiger partial charge on any atom is -0.356 e. The number of hydrogen-bond acceptors (Lipinski definition) is 3. The summed E-state index contributed by atoms with van der Waals surface area (Å²) in [4.78, 5) is 14.2. The van der Waals surface area contributed by atoms with Crippen molar-refractivity contribution in [2.75, 3.05) is 39.8 Å². The van der Waals surface area contributed by atoms with Gasteiger partial charge in [0, 0.05) is 32.6 Å². The van der Waals surface area contributed by atoms with Gasteiger partial charge in [0.05, 0.1) is 0 Å². The average Bonchev–Trinajstić information content (AvgIpc) is 2.36.